The van der Waals surface area contributed by atoms with Gasteiger partial charge in [-0.2, -0.15) is 0 Å². The topological polar surface area (TPSA) is 58.6 Å². The molecule has 1 rings (SSSR count). The van der Waals surface area contributed by atoms with Crippen LogP contribution in [0.5, 0.6) is 0 Å². The Morgan fingerprint density at radius 1 is 1.59 bits per heavy atom. The van der Waals surface area contributed by atoms with Gasteiger partial charge in [-0.25, -0.2) is 4.79 Å². The van der Waals surface area contributed by atoms with Gasteiger partial charge in [-0.05, 0) is 18.6 Å². The monoisotopic (exact) mass is 301 g/mol. The van der Waals surface area contributed by atoms with E-state index in [2.05, 4.69) is 21.2 Å². The number of rotatable bonds is 6. The second-order valence-corrected chi connectivity index (χ2v) is 4.50. The van der Waals surface area contributed by atoms with Crippen LogP contribution in [-0.4, -0.2) is 24.2 Å². The van der Waals surface area contributed by atoms with Crippen LogP contribution in [0.25, 0.3) is 0 Å². The van der Waals surface area contributed by atoms with Crippen molar-refractivity contribution in [3.8, 4) is 0 Å². The smallest absolute Gasteiger partial charge is 0.326 e. The van der Waals surface area contributed by atoms with Crippen LogP contribution < -0.4 is 5.32 Å². The zero-order valence-electron chi connectivity index (χ0n) is 9.87. The number of benzene rings is 1. The molecule has 1 aromatic rings. The summed E-state index contributed by atoms with van der Waals surface area (Å²) in [6.07, 6.45) is 0.522. The van der Waals surface area contributed by atoms with Gasteiger partial charge < -0.3 is 15.2 Å². The van der Waals surface area contributed by atoms with E-state index in [4.69, 9.17) is 9.84 Å². The third-order valence-electron chi connectivity index (χ3n) is 2.44. The second-order valence-electron chi connectivity index (χ2n) is 3.64. The summed E-state index contributed by atoms with van der Waals surface area (Å²) in [7, 11) is 1.61. The van der Waals surface area contributed by atoms with Crippen LogP contribution in [-0.2, 0) is 16.1 Å². The van der Waals surface area contributed by atoms with Gasteiger partial charge in [0.05, 0.1) is 6.61 Å². The molecular weight excluding hydrogens is 286 g/mol. The number of carboxylic acid groups (broad SMARTS) is 1. The van der Waals surface area contributed by atoms with Crippen molar-refractivity contribution in [3.05, 3.63) is 28.2 Å². The number of halogens is 1. The fraction of sp³-hybridized carbons (Fsp3) is 0.417. The third-order valence-corrected chi connectivity index (χ3v) is 3.19. The van der Waals surface area contributed by atoms with E-state index in [0.29, 0.717) is 13.0 Å². The van der Waals surface area contributed by atoms with E-state index in [0.717, 1.165) is 15.7 Å². The summed E-state index contributed by atoms with van der Waals surface area (Å²) in [5.74, 6) is -0.851. The summed E-state index contributed by atoms with van der Waals surface area (Å²) in [5.41, 5.74) is 1.71. The lowest BCUT2D eigenvalue weighted by Crippen LogP contribution is -2.28. The number of aliphatic carboxylic acids is 1. The van der Waals surface area contributed by atoms with Gasteiger partial charge in [0, 0.05) is 22.8 Å². The summed E-state index contributed by atoms with van der Waals surface area (Å²) in [6, 6.07) is 5.03. The van der Waals surface area contributed by atoms with Crippen molar-refractivity contribution in [1.82, 2.24) is 0 Å². The molecule has 0 saturated heterocycles. The summed E-state index contributed by atoms with van der Waals surface area (Å²) < 4.78 is 6.01. The van der Waals surface area contributed by atoms with Gasteiger partial charge in [0.15, 0.2) is 0 Å². The molecule has 1 unspecified atom stereocenters. The van der Waals surface area contributed by atoms with E-state index in [9.17, 15) is 4.79 Å². The van der Waals surface area contributed by atoms with E-state index in [-0.39, 0.29) is 0 Å². The van der Waals surface area contributed by atoms with Gasteiger partial charge in [0.25, 0.3) is 0 Å². The summed E-state index contributed by atoms with van der Waals surface area (Å²) in [4.78, 5) is 11.0. The highest BCUT2D eigenvalue weighted by molar-refractivity contribution is 9.10. The summed E-state index contributed by atoms with van der Waals surface area (Å²) in [6.45, 7) is 2.26. The third kappa shape index (κ3) is 3.71. The van der Waals surface area contributed by atoms with Crippen molar-refractivity contribution in [2.24, 2.45) is 0 Å². The number of methoxy groups -OCH3 is 1. The molecule has 17 heavy (non-hydrogen) atoms. The normalized spacial score (nSPS) is 12.2. The molecule has 0 radical (unpaired) electrons. The standard InChI is InChI=1S/C12H16BrNO3/c1-3-10(12(15)16)14-11-6-4-5-9(13)8(11)7-17-2/h4-6,10,14H,3,7H2,1-2H3,(H,15,16). The van der Waals surface area contributed by atoms with Gasteiger partial charge in [-0.15, -0.1) is 0 Å². The Morgan fingerprint density at radius 2 is 2.29 bits per heavy atom. The van der Waals surface area contributed by atoms with Crippen LogP contribution in [0.3, 0.4) is 0 Å². The van der Waals surface area contributed by atoms with Crippen LogP contribution in [0.1, 0.15) is 18.9 Å². The molecule has 94 valence electrons. The van der Waals surface area contributed by atoms with Crippen molar-refractivity contribution in [1.29, 1.82) is 0 Å². The molecule has 0 aliphatic heterocycles. The highest BCUT2D eigenvalue weighted by Gasteiger charge is 2.16. The first-order valence-corrected chi connectivity index (χ1v) is 6.15. The summed E-state index contributed by atoms with van der Waals surface area (Å²) >= 11 is 3.43. The maximum Gasteiger partial charge on any atom is 0.326 e. The van der Waals surface area contributed by atoms with E-state index >= 15 is 0 Å². The molecule has 0 heterocycles. The minimum atomic E-state index is -0.851. The highest BCUT2D eigenvalue weighted by atomic mass is 79.9. The number of ether oxygens (including phenoxy) is 1. The molecule has 5 heteroatoms. The van der Waals surface area contributed by atoms with E-state index < -0.39 is 12.0 Å². The lowest BCUT2D eigenvalue weighted by Gasteiger charge is -2.17. The minimum Gasteiger partial charge on any atom is -0.480 e. The second kappa shape index (κ2) is 6.61. The van der Waals surface area contributed by atoms with Crippen molar-refractivity contribution < 1.29 is 14.6 Å². The fourth-order valence-corrected chi connectivity index (χ4v) is 1.99. The quantitative estimate of drug-likeness (QED) is 0.848. The average Bonchev–Trinajstić information content (AvgIpc) is 2.29. The largest absolute Gasteiger partial charge is 0.480 e. The molecule has 0 spiro atoms. The Hall–Kier alpha value is -1.07. The maximum atomic E-state index is 11.0. The predicted molar refractivity (Wildman–Crippen MR) is 70.2 cm³/mol. The lowest BCUT2D eigenvalue weighted by molar-refractivity contribution is -0.137. The van der Waals surface area contributed by atoms with E-state index in [1.54, 1.807) is 7.11 Å². The Balaban J connectivity index is 2.96. The first-order valence-electron chi connectivity index (χ1n) is 5.35. The van der Waals surface area contributed by atoms with Gasteiger partial charge in [-0.1, -0.05) is 28.9 Å². The molecule has 0 saturated carbocycles. The van der Waals surface area contributed by atoms with Gasteiger partial charge in [0.2, 0.25) is 0 Å². The first-order chi connectivity index (χ1) is 8.10. The molecule has 0 fully saturated rings. The molecule has 0 bridgehead atoms. The van der Waals surface area contributed by atoms with Crippen LogP contribution in [0.2, 0.25) is 0 Å². The van der Waals surface area contributed by atoms with Crippen molar-refractivity contribution in [3.63, 3.8) is 0 Å². The van der Waals surface area contributed by atoms with E-state index in [1.165, 1.54) is 0 Å². The van der Waals surface area contributed by atoms with Crippen molar-refractivity contribution in [2.45, 2.75) is 26.0 Å². The number of hydrogen-bond donors (Lipinski definition) is 2. The number of carbonyl (C=O) groups is 1. The first kappa shape index (κ1) is 14.0. The molecule has 0 amide bonds. The predicted octanol–water partition coefficient (Wildman–Crippen LogP) is 2.87. The molecule has 0 aliphatic carbocycles. The van der Waals surface area contributed by atoms with Crippen LogP contribution in [0.4, 0.5) is 5.69 Å². The zero-order chi connectivity index (χ0) is 12.8. The number of nitrogens with one attached hydrogen (secondary N) is 1. The molecule has 2 N–H and O–H groups in total. The van der Waals surface area contributed by atoms with Gasteiger partial charge >= 0.3 is 5.97 Å². The molecular formula is C12H16BrNO3. The summed E-state index contributed by atoms with van der Waals surface area (Å²) in [5, 5.41) is 12.0. The Kier molecular flexibility index (Phi) is 5.44. The minimum absolute atomic E-state index is 0.430. The Labute approximate surface area is 109 Å². The van der Waals surface area contributed by atoms with Gasteiger partial charge in [-0.3, -0.25) is 0 Å². The Bertz CT molecular complexity index is 395. The van der Waals surface area contributed by atoms with Crippen LogP contribution in [0, 0.1) is 0 Å². The van der Waals surface area contributed by atoms with Crippen LogP contribution >= 0.6 is 15.9 Å². The van der Waals surface area contributed by atoms with Crippen molar-refractivity contribution >= 4 is 27.6 Å². The van der Waals surface area contributed by atoms with Crippen molar-refractivity contribution in [2.75, 3.05) is 12.4 Å². The number of carboxylic acids is 1. The molecule has 0 aromatic heterocycles. The van der Waals surface area contributed by atoms with Crippen LogP contribution in [0.15, 0.2) is 22.7 Å². The molecule has 1 atom stereocenters. The fourth-order valence-electron chi connectivity index (χ4n) is 1.51. The number of hydrogen-bond acceptors (Lipinski definition) is 3. The maximum absolute atomic E-state index is 11.0. The molecule has 0 aliphatic rings. The number of anilines is 1. The lowest BCUT2D eigenvalue weighted by atomic mass is 10.1. The average molecular weight is 302 g/mol. The highest BCUT2D eigenvalue weighted by Crippen LogP contribution is 2.26. The zero-order valence-corrected chi connectivity index (χ0v) is 11.5. The molecule has 1 aromatic carbocycles. The SMILES string of the molecule is CCC(Nc1cccc(Br)c1COC)C(=O)O. The van der Waals surface area contributed by atoms with Gasteiger partial charge in [0.1, 0.15) is 6.04 Å². The molecule has 4 nitrogen and oxygen atoms in total. The Morgan fingerprint density at radius 3 is 2.82 bits per heavy atom. The van der Waals surface area contributed by atoms with E-state index in [1.807, 2.05) is 25.1 Å².